The van der Waals surface area contributed by atoms with Crippen molar-refractivity contribution in [1.29, 1.82) is 5.26 Å². The number of amides is 1. The predicted molar refractivity (Wildman–Crippen MR) is 105 cm³/mol. The number of nitrogens with zero attached hydrogens (tertiary/aromatic N) is 3. The number of carbonyl (C=O) groups is 1. The lowest BCUT2D eigenvalue weighted by Crippen LogP contribution is -2.49. The van der Waals surface area contributed by atoms with Crippen LogP contribution < -0.4 is 4.74 Å². The zero-order valence-electron chi connectivity index (χ0n) is 14.7. The first-order chi connectivity index (χ1) is 13.0. The van der Waals surface area contributed by atoms with Crippen molar-refractivity contribution < 1.29 is 9.53 Å². The molecule has 3 rings (SSSR count). The number of halogens is 2. The van der Waals surface area contributed by atoms with Crippen molar-refractivity contribution >= 4 is 29.1 Å². The van der Waals surface area contributed by atoms with Gasteiger partial charge in [0.15, 0.2) is 6.61 Å². The summed E-state index contributed by atoms with van der Waals surface area (Å²) in [6.07, 6.45) is 0. The molecule has 2 aromatic carbocycles. The molecule has 1 amide bonds. The van der Waals surface area contributed by atoms with Crippen molar-refractivity contribution in [3.63, 3.8) is 0 Å². The summed E-state index contributed by atoms with van der Waals surface area (Å²) in [7, 11) is 0. The molecule has 0 aromatic heterocycles. The van der Waals surface area contributed by atoms with Gasteiger partial charge in [-0.25, -0.2) is 0 Å². The minimum atomic E-state index is -0.0657. The Hall–Kier alpha value is -2.26. The third kappa shape index (κ3) is 5.36. The smallest absolute Gasteiger partial charge is 0.260 e. The lowest BCUT2D eigenvalue weighted by molar-refractivity contribution is -0.135. The Balaban J connectivity index is 1.46. The Bertz CT molecular complexity index is 841. The maximum Gasteiger partial charge on any atom is 0.260 e. The highest BCUT2D eigenvalue weighted by Crippen LogP contribution is 2.27. The molecule has 1 heterocycles. The van der Waals surface area contributed by atoms with E-state index in [4.69, 9.17) is 33.2 Å². The number of hydrogen-bond donors (Lipinski definition) is 0. The molecule has 140 valence electrons. The predicted octanol–water partition coefficient (Wildman–Crippen LogP) is 3.59. The lowest BCUT2D eigenvalue weighted by Gasteiger charge is -2.34. The zero-order chi connectivity index (χ0) is 19.2. The van der Waals surface area contributed by atoms with Crippen LogP contribution in [0.4, 0.5) is 0 Å². The molecule has 7 heteroatoms. The molecule has 0 radical (unpaired) electrons. The van der Waals surface area contributed by atoms with Gasteiger partial charge in [-0.2, -0.15) is 5.26 Å². The lowest BCUT2D eigenvalue weighted by atomic mass is 10.1. The molecule has 0 spiro atoms. The summed E-state index contributed by atoms with van der Waals surface area (Å²) in [5.41, 5.74) is 1.82. The van der Waals surface area contributed by atoms with Gasteiger partial charge in [0.2, 0.25) is 0 Å². The Kier molecular flexibility index (Phi) is 6.57. The third-order valence-corrected chi connectivity index (χ3v) is 5.01. The van der Waals surface area contributed by atoms with Crippen LogP contribution in [0.3, 0.4) is 0 Å². The zero-order valence-corrected chi connectivity index (χ0v) is 16.2. The van der Waals surface area contributed by atoms with Crippen LogP contribution in [0.15, 0.2) is 42.5 Å². The number of nitriles is 1. The molecular formula is C20H19Cl2N3O2. The summed E-state index contributed by atoms with van der Waals surface area (Å²) in [6.45, 7) is 3.65. The first kappa shape index (κ1) is 19.5. The van der Waals surface area contributed by atoms with E-state index in [2.05, 4.69) is 11.0 Å². The summed E-state index contributed by atoms with van der Waals surface area (Å²) in [6, 6.07) is 14.6. The van der Waals surface area contributed by atoms with E-state index >= 15 is 0 Å². The molecule has 0 saturated carbocycles. The molecule has 0 atom stereocenters. The summed E-state index contributed by atoms with van der Waals surface area (Å²) < 4.78 is 5.53. The van der Waals surface area contributed by atoms with Crippen LogP contribution in [-0.2, 0) is 11.3 Å². The summed E-state index contributed by atoms with van der Waals surface area (Å²) in [4.78, 5) is 16.5. The van der Waals surface area contributed by atoms with Crippen LogP contribution in [0.2, 0.25) is 10.0 Å². The van der Waals surface area contributed by atoms with Crippen LogP contribution in [0, 0.1) is 11.3 Å². The average molecular weight is 404 g/mol. The normalized spacial score (nSPS) is 14.6. The third-order valence-electron chi connectivity index (χ3n) is 4.46. The van der Waals surface area contributed by atoms with Gasteiger partial charge in [0.05, 0.1) is 16.7 Å². The van der Waals surface area contributed by atoms with Crippen molar-refractivity contribution in [2.75, 3.05) is 32.8 Å². The van der Waals surface area contributed by atoms with E-state index in [1.807, 2.05) is 24.3 Å². The summed E-state index contributed by atoms with van der Waals surface area (Å²) in [5.74, 6) is 0.348. The van der Waals surface area contributed by atoms with Gasteiger partial charge in [0.1, 0.15) is 5.75 Å². The largest absolute Gasteiger partial charge is 0.482 e. The number of benzene rings is 2. The van der Waals surface area contributed by atoms with Crippen LogP contribution in [0.5, 0.6) is 5.75 Å². The van der Waals surface area contributed by atoms with Crippen molar-refractivity contribution in [3.8, 4) is 11.8 Å². The van der Waals surface area contributed by atoms with Crippen molar-refractivity contribution in [1.82, 2.24) is 9.80 Å². The SMILES string of the molecule is N#Cc1ccc(CN2CCN(C(=O)COc3cc(Cl)ccc3Cl)CC2)cc1. The van der Waals surface area contributed by atoms with Crippen molar-refractivity contribution in [2.45, 2.75) is 6.54 Å². The van der Waals surface area contributed by atoms with Gasteiger partial charge in [-0.3, -0.25) is 9.69 Å². The van der Waals surface area contributed by atoms with Gasteiger partial charge >= 0.3 is 0 Å². The molecular weight excluding hydrogens is 385 g/mol. The Morgan fingerprint density at radius 3 is 2.44 bits per heavy atom. The van der Waals surface area contributed by atoms with Crippen LogP contribution in [0.25, 0.3) is 0 Å². The number of hydrogen-bond acceptors (Lipinski definition) is 4. The number of carbonyl (C=O) groups excluding carboxylic acids is 1. The second kappa shape index (κ2) is 9.09. The van der Waals surface area contributed by atoms with E-state index < -0.39 is 0 Å². The van der Waals surface area contributed by atoms with E-state index in [1.165, 1.54) is 0 Å². The summed E-state index contributed by atoms with van der Waals surface area (Å²) >= 11 is 12.0. The highest BCUT2D eigenvalue weighted by atomic mass is 35.5. The standard InChI is InChI=1S/C20H19Cl2N3O2/c21-17-5-6-18(22)19(11-17)27-14-20(26)25-9-7-24(8-10-25)13-16-3-1-15(12-23)2-4-16/h1-6,11H,7-10,13-14H2. The molecule has 0 aliphatic carbocycles. The van der Waals surface area contributed by atoms with Crippen molar-refractivity contribution in [3.05, 3.63) is 63.6 Å². The highest BCUT2D eigenvalue weighted by molar-refractivity contribution is 6.34. The highest BCUT2D eigenvalue weighted by Gasteiger charge is 2.21. The fourth-order valence-electron chi connectivity index (χ4n) is 2.92. The molecule has 0 bridgehead atoms. The van der Waals surface area contributed by atoms with E-state index in [9.17, 15) is 4.79 Å². The van der Waals surface area contributed by atoms with Crippen molar-refractivity contribution in [2.24, 2.45) is 0 Å². The molecule has 0 N–H and O–H groups in total. The van der Waals surface area contributed by atoms with E-state index in [0.29, 0.717) is 34.4 Å². The Morgan fingerprint density at radius 2 is 1.78 bits per heavy atom. The van der Waals surface area contributed by atoms with Crippen LogP contribution in [0.1, 0.15) is 11.1 Å². The topological polar surface area (TPSA) is 56.6 Å². The number of piperazine rings is 1. The Labute approximate surface area is 168 Å². The van der Waals surface area contributed by atoms with Crippen LogP contribution >= 0.6 is 23.2 Å². The average Bonchev–Trinajstić information content (AvgIpc) is 2.69. The second-order valence-corrected chi connectivity index (χ2v) is 7.17. The van der Waals surface area contributed by atoms with Gasteiger partial charge in [-0.1, -0.05) is 35.3 Å². The number of ether oxygens (including phenoxy) is 1. The molecule has 5 nitrogen and oxygen atoms in total. The maximum absolute atomic E-state index is 12.4. The quantitative estimate of drug-likeness (QED) is 0.765. The maximum atomic E-state index is 12.4. The Morgan fingerprint density at radius 1 is 1.07 bits per heavy atom. The van der Waals surface area contributed by atoms with Gasteiger partial charge < -0.3 is 9.64 Å². The molecule has 1 aliphatic heterocycles. The number of rotatable bonds is 5. The van der Waals surface area contributed by atoms with Gasteiger partial charge in [-0.15, -0.1) is 0 Å². The molecule has 0 unspecified atom stereocenters. The molecule has 1 saturated heterocycles. The first-order valence-corrected chi connectivity index (χ1v) is 9.38. The molecule has 2 aromatic rings. The molecule has 27 heavy (non-hydrogen) atoms. The second-order valence-electron chi connectivity index (χ2n) is 6.33. The van der Waals surface area contributed by atoms with E-state index in [0.717, 1.165) is 25.2 Å². The summed E-state index contributed by atoms with van der Waals surface area (Å²) in [5, 5.41) is 9.80. The fourth-order valence-corrected chi connectivity index (χ4v) is 3.25. The van der Waals surface area contributed by atoms with Gasteiger partial charge in [0, 0.05) is 43.8 Å². The molecule has 1 fully saturated rings. The minimum Gasteiger partial charge on any atom is -0.482 e. The monoisotopic (exact) mass is 403 g/mol. The fraction of sp³-hybridized carbons (Fsp3) is 0.300. The van der Waals surface area contributed by atoms with Crippen LogP contribution in [-0.4, -0.2) is 48.5 Å². The molecule has 1 aliphatic rings. The van der Waals surface area contributed by atoms with Gasteiger partial charge in [-0.05, 0) is 29.8 Å². The minimum absolute atomic E-state index is 0.0598. The first-order valence-electron chi connectivity index (χ1n) is 8.62. The van der Waals surface area contributed by atoms with E-state index in [-0.39, 0.29) is 12.5 Å². The van der Waals surface area contributed by atoms with Gasteiger partial charge in [0.25, 0.3) is 5.91 Å². The van der Waals surface area contributed by atoms with E-state index in [1.54, 1.807) is 23.1 Å².